The number of aryl methyl sites for hydroxylation is 2. The second-order valence-corrected chi connectivity index (χ2v) is 9.37. The molecular weight excluding hydrogens is 426 g/mol. The van der Waals surface area contributed by atoms with Crippen LogP contribution in [0.4, 0.5) is 0 Å². The molecule has 2 aliphatic rings. The van der Waals surface area contributed by atoms with Gasteiger partial charge in [-0.3, -0.25) is 9.69 Å². The van der Waals surface area contributed by atoms with Gasteiger partial charge in [0.05, 0.1) is 32.8 Å². The van der Waals surface area contributed by atoms with Crippen molar-refractivity contribution in [3.63, 3.8) is 0 Å². The number of carbonyl (C=O) groups excluding carboxylic acids is 1. The minimum atomic E-state index is -0.0524. The van der Waals surface area contributed by atoms with Crippen LogP contribution in [0.3, 0.4) is 0 Å². The molecule has 0 unspecified atom stereocenters. The fraction of sp³-hybridized carbons (Fsp3) is 0.483. The van der Waals surface area contributed by atoms with Crippen molar-refractivity contribution in [2.75, 3.05) is 33.4 Å². The van der Waals surface area contributed by atoms with E-state index in [0.29, 0.717) is 19.8 Å². The Balaban J connectivity index is 1.28. The Kier molecular flexibility index (Phi) is 8.41. The normalized spacial score (nSPS) is 15.9. The van der Waals surface area contributed by atoms with Crippen LogP contribution in [0.5, 0.6) is 5.75 Å². The zero-order chi connectivity index (χ0) is 23.9. The number of benzene rings is 2. The largest absolute Gasteiger partial charge is 0.496 e. The molecule has 2 aromatic rings. The Morgan fingerprint density at radius 2 is 1.85 bits per heavy atom. The van der Waals surface area contributed by atoms with Crippen LogP contribution in [0.1, 0.15) is 54.5 Å². The van der Waals surface area contributed by atoms with Crippen LogP contribution < -0.4 is 4.74 Å². The van der Waals surface area contributed by atoms with Crippen molar-refractivity contribution in [3.05, 3.63) is 69.8 Å². The molecule has 0 aromatic heterocycles. The van der Waals surface area contributed by atoms with Crippen LogP contribution in [-0.2, 0) is 40.3 Å². The van der Waals surface area contributed by atoms with E-state index in [1.165, 1.54) is 27.8 Å². The third-order valence-corrected chi connectivity index (χ3v) is 6.70. The number of methoxy groups -OCH3 is 1. The van der Waals surface area contributed by atoms with Gasteiger partial charge in [0, 0.05) is 25.2 Å². The number of rotatable bonds is 11. The van der Waals surface area contributed by atoms with E-state index in [-0.39, 0.29) is 11.9 Å². The second-order valence-electron chi connectivity index (χ2n) is 9.37. The maximum absolute atomic E-state index is 11.8. The van der Waals surface area contributed by atoms with Gasteiger partial charge in [-0.1, -0.05) is 55.3 Å². The van der Waals surface area contributed by atoms with E-state index in [2.05, 4.69) is 54.3 Å². The molecule has 182 valence electrons. The molecule has 5 heteroatoms. The Hall–Kier alpha value is -2.63. The lowest BCUT2D eigenvalue weighted by atomic mass is 9.89. The molecule has 0 saturated carbocycles. The fourth-order valence-corrected chi connectivity index (χ4v) is 4.84. The lowest BCUT2D eigenvalue weighted by molar-refractivity contribution is -0.153. The average Bonchev–Trinajstić information content (AvgIpc) is 2.82. The van der Waals surface area contributed by atoms with Gasteiger partial charge >= 0.3 is 5.97 Å². The van der Waals surface area contributed by atoms with E-state index >= 15 is 0 Å². The highest BCUT2D eigenvalue weighted by atomic mass is 16.5. The summed E-state index contributed by atoms with van der Waals surface area (Å²) >= 11 is 0. The summed E-state index contributed by atoms with van der Waals surface area (Å²) in [5, 5.41) is 0. The lowest BCUT2D eigenvalue weighted by Gasteiger charge is -2.38. The molecule has 0 radical (unpaired) electrons. The number of likely N-dealkylation sites (tertiary alicyclic amines) is 1. The first-order valence-corrected chi connectivity index (χ1v) is 12.5. The zero-order valence-corrected chi connectivity index (χ0v) is 20.8. The zero-order valence-electron chi connectivity index (χ0n) is 20.8. The Morgan fingerprint density at radius 3 is 2.62 bits per heavy atom. The number of fused-ring (bicyclic) bond motifs is 1. The molecule has 0 amide bonds. The molecule has 1 aliphatic heterocycles. The first kappa shape index (κ1) is 24.5. The van der Waals surface area contributed by atoms with Crippen LogP contribution in [0, 0.1) is 5.92 Å². The van der Waals surface area contributed by atoms with E-state index < -0.39 is 0 Å². The third-order valence-electron chi connectivity index (χ3n) is 6.70. The van der Waals surface area contributed by atoms with Gasteiger partial charge in [0.25, 0.3) is 0 Å². The summed E-state index contributed by atoms with van der Waals surface area (Å²) in [6, 6.07) is 13.1. The molecule has 4 rings (SSSR count). The Morgan fingerprint density at radius 1 is 1.03 bits per heavy atom. The fourth-order valence-electron chi connectivity index (χ4n) is 4.84. The van der Waals surface area contributed by atoms with Gasteiger partial charge in [0.2, 0.25) is 0 Å². The maximum atomic E-state index is 11.8. The average molecular weight is 464 g/mol. The highest BCUT2D eigenvalue weighted by Gasteiger charge is 2.34. The van der Waals surface area contributed by atoms with Crippen LogP contribution >= 0.6 is 0 Å². The first-order chi connectivity index (χ1) is 16.6. The summed E-state index contributed by atoms with van der Waals surface area (Å²) in [6.45, 7) is 8.21. The monoisotopic (exact) mass is 463 g/mol. The summed E-state index contributed by atoms with van der Waals surface area (Å²) in [7, 11) is 1.72. The summed E-state index contributed by atoms with van der Waals surface area (Å²) < 4.78 is 16.7. The third kappa shape index (κ3) is 6.08. The van der Waals surface area contributed by atoms with Crippen molar-refractivity contribution in [2.24, 2.45) is 5.92 Å². The highest BCUT2D eigenvalue weighted by molar-refractivity contribution is 5.74. The molecule has 1 fully saturated rings. The van der Waals surface area contributed by atoms with E-state index in [0.717, 1.165) is 56.6 Å². The number of hydrogen-bond acceptors (Lipinski definition) is 5. The van der Waals surface area contributed by atoms with Crippen molar-refractivity contribution < 1.29 is 19.0 Å². The van der Waals surface area contributed by atoms with E-state index in [1.807, 2.05) is 6.92 Å². The van der Waals surface area contributed by atoms with Crippen LogP contribution in [0.2, 0.25) is 0 Å². The van der Waals surface area contributed by atoms with Crippen LogP contribution in [0.25, 0.3) is 6.08 Å². The van der Waals surface area contributed by atoms with Gasteiger partial charge in [-0.05, 0) is 54.5 Å². The molecule has 34 heavy (non-hydrogen) atoms. The SMILES string of the molecule is CCCc1ccc(COCc2ccc3c(c2)CCC(CN2CC(C(=O)OCC)C2)=C3)c(OC)c1. The minimum absolute atomic E-state index is 0.0493. The van der Waals surface area contributed by atoms with Gasteiger partial charge in [-0.2, -0.15) is 0 Å². The van der Waals surface area contributed by atoms with Crippen molar-refractivity contribution >= 4 is 12.0 Å². The van der Waals surface area contributed by atoms with E-state index in [4.69, 9.17) is 14.2 Å². The van der Waals surface area contributed by atoms with Crippen LogP contribution in [-0.4, -0.2) is 44.2 Å². The summed E-state index contributed by atoms with van der Waals surface area (Å²) in [4.78, 5) is 14.1. The Labute approximate surface area is 203 Å². The highest BCUT2D eigenvalue weighted by Crippen LogP contribution is 2.28. The summed E-state index contributed by atoms with van der Waals surface area (Å²) in [6.07, 6.45) is 6.64. The molecular formula is C29H37NO4. The molecule has 1 aliphatic carbocycles. The predicted molar refractivity (Wildman–Crippen MR) is 135 cm³/mol. The smallest absolute Gasteiger partial charge is 0.311 e. The molecule has 1 heterocycles. The Bertz CT molecular complexity index is 1020. The number of hydrogen-bond donors (Lipinski definition) is 0. The van der Waals surface area contributed by atoms with E-state index in [1.54, 1.807) is 7.11 Å². The first-order valence-electron chi connectivity index (χ1n) is 12.5. The number of carbonyl (C=O) groups is 1. The second kappa shape index (κ2) is 11.7. The minimum Gasteiger partial charge on any atom is -0.496 e. The molecule has 0 atom stereocenters. The number of ether oxygens (including phenoxy) is 3. The maximum Gasteiger partial charge on any atom is 0.311 e. The van der Waals surface area contributed by atoms with Crippen molar-refractivity contribution in [1.82, 2.24) is 4.90 Å². The predicted octanol–water partition coefficient (Wildman–Crippen LogP) is 5.19. The number of nitrogens with zero attached hydrogens (tertiary/aromatic N) is 1. The van der Waals surface area contributed by atoms with Crippen molar-refractivity contribution in [1.29, 1.82) is 0 Å². The lowest BCUT2D eigenvalue weighted by Crippen LogP contribution is -2.51. The van der Waals surface area contributed by atoms with Gasteiger partial charge in [0.15, 0.2) is 0 Å². The van der Waals surface area contributed by atoms with Gasteiger partial charge < -0.3 is 14.2 Å². The molecule has 0 spiro atoms. The van der Waals surface area contributed by atoms with Gasteiger partial charge in [-0.25, -0.2) is 0 Å². The van der Waals surface area contributed by atoms with Crippen molar-refractivity contribution in [2.45, 2.75) is 52.7 Å². The quantitative estimate of drug-likeness (QED) is 0.429. The molecule has 0 N–H and O–H groups in total. The summed E-state index contributed by atoms with van der Waals surface area (Å²) in [5.74, 6) is 0.904. The molecule has 5 nitrogen and oxygen atoms in total. The molecule has 0 bridgehead atoms. The van der Waals surface area contributed by atoms with Gasteiger partial charge in [0.1, 0.15) is 5.75 Å². The van der Waals surface area contributed by atoms with Crippen molar-refractivity contribution in [3.8, 4) is 5.75 Å². The number of esters is 1. The molecule has 2 aromatic carbocycles. The topological polar surface area (TPSA) is 48.0 Å². The van der Waals surface area contributed by atoms with E-state index in [9.17, 15) is 4.79 Å². The standard InChI is InChI=1S/C29H37NO4/c1-4-6-21-7-12-26(28(15-21)32-3)20-33-19-23-9-11-24-13-22(8-10-25(24)14-23)16-30-17-27(18-30)29(31)34-5-2/h7,9,11-15,27H,4-6,8,10,16-20H2,1-3H3. The molecule has 1 saturated heterocycles. The van der Waals surface area contributed by atoms with Crippen LogP contribution in [0.15, 0.2) is 42.0 Å². The van der Waals surface area contributed by atoms with Gasteiger partial charge in [-0.15, -0.1) is 0 Å². The summed E-state index contributed by atoms with van der Waals surface area (Å²) in [5.41, 5.74) is 7.73.